The molecule has 27 heavy (non-hydrogen) atoms. The number of benzene rings is 3. The Morgan fingerprint density at radius 3 is 2.22 bits per heavy atom. The quantitative estimate of drug-likeness (QED) is 0.699. The molecular weight excluding hydrogens is 339 g/mol. The molecule has 1 unspecified atom stereocenters. The molecule has 0 bridgehead atoms. The zero-order valence-corrected chi connectivity index (χ0v) is 15.5. The van der Waals surface area contributed by atoms with Gasteiger partial charge in [-0.1, -0.05) is 54.6 Å². The zero-order chi connectivity index (χ0) is 19.2. The van der Waals surface area contributed by atoms with Crippen LogP contribution in [0.25, 0.3) is 11.1 Å². The van der Waals surface area contributed by atoms with Crippen molar-refractivity contribution >= 4 is 5.91 Å². The maximum Gasteiger partial charge on any atom is 0.251 e. The van der Waals surface area contributed by atoms with Gasteiger partial charge in [-0.05, 0) is 55.1 Å². The number of likely N-dealkylation sites (N-methyl/N-ethyl adjacent to an activating group) is 1. The van der Waals surface area contributed by atoms with E-state index in [0.29, 0.717) is 12.1 Å². The molecular formula is C23H23FN2O. The average Bonchev–Trinajstić information content (AvgIpc) is 2.68. The van der Waals surface area contributed by atoms with Gasteiger partial charge in [0.05, 0.1) is 6.04 Å². The van der Waals surface area contributed by atoms with Gasteiger partial charge in [0.25, 0.3) is 5.91 Å². The Hall–Kier alpha value is -2.98. The summed E-state index contributed by atoms with van der Waals surface area (Å²) >= 11 is 0. The fourth-order valence-electron chi connectivity index (χ4n) is 3.05. The lowest BCUT2D eigenvalue weighted by atomic mass is 10.0. The first-order valence-electron chi connectivity index (χ1n) is 8.90. The van der Waals surface area contributed by atoms with Crippen LogP contribution in [0.15, 0.2) is 78.9 Å². The summed E-state index contributed by atoms with van der Waals surface area (Å²) in [6.45, 7) is 0.399. The van der Waals surface area contributed by atoms with Gasteiger partial charge < -0.3 is 10.2 Å². The molecule has 0 radical (unpaired) electrons. The Kier molecular flexibility index (Phi) is 5.99. The first kappa shape index (κ1) is 18.8. The van der Waals surface area contributed by atoms with Crippen LogP contribution in [-0.2, 0) is 0 Å². The van der Waals surface area contributed by atoms with Crippen LogP contribution in [0.5, 0.6) is 0 Å². The largest absolute Gasteiger partial charge is 0.350 e. The SMILES string of the molecule is CN(C)C(CNC(=O)c1ccc(-c2ccccc2)cc1)c1cccc(F)c1. The van der Waals surface area contributed by atoms with E-state index in [1.807, 2.05) is 79.7 Å². The van der Waals surface area contributed by atoms with Crippen molar-refractivity contribution in [1.29, 1.82) is 0 Å². The smallest absolute Gasteiger partial charge is 0.251 e. The van der Waals surface area contributed by atoms with E-state index in [1.165, 1.54) is 12.1 Å². The molecule has 1 amide bonds. The lowest BCUT2D eigenvalue weighted by Crippen LogP contribution is -2.34. The fraction of sp³-hybridized carbons (Fsp3) is 0.174. The van der Waals surface area contributed by atoms with Gasteiger partial charge in [0.2, 0.25) is 0 Å². The number of halogens is 1. The van der Waals surface area contributed by atoms with Crippen LogP contribution < -0.4 is 5.32 Å². The van der Waals surface area contributed by atoms with Gasteiger partial charge in [-0.25, -0.2) is 4.39 Å². The summed E-state index contributed by atoms with van der Waals surface area (Å²) in [5, 5.41) is 2.95. The van der Waals surface area contributed by atoms with Crippen molar-refractivity contribution in [2.45, 2.75) is 6.04 Å². The highest BCUT2D eigenvalue weighted by molar-refractivity contribution is 5.94. The molecule has 3 nitrogen and oxygen atoms in total. The van der Waals surface area contributed by atoms with Gasteiger partial charge in [0, 0.05) is 12.1 Å². The lowest BCUT2D eigenvalue weighted by molar-refractivity contribution is 0.0942. The molecule has 0 aliphatic rings. The lowest BCUT2D eigenvalue weighted by Gasteiger charge is -2.25. The second-order valence-corrected chi connectivity index (χ2v) is 6.69. The average molecular weight is 362 g/mol. The highest BCUT2D eigenvalue weighted by Gasteiger charge is 2.16. The molecule has 0 aliphatic heterocycles. The number of hydrogen-bond donors (Lipinski definition) is 1. The molecule has 0 fully saturated rings. The summed E-state index contributed by atoms with van der Waals surface area (Å²) in [6, 6.07) is 23.9. The van der Waals surface area contributed by atoms with Crippen LogP contribution in [0.4, 0.5) is 4.39 Å². The zero-order valence-electron chi connectivity index (χ0n) is 15.5. The number of nitrogens with one attached hydrogen (secondary N) is 1. The van der Waals surface area contributed by atoms with Crippen LogP contribution in [0.3, 0.4) is 0 Å². The molecule has 0 aliphatic carbocycles. The summed E-state index contributed by atoms with van der Waals surface area (Å²) in [7, 11) is 3.83. The molecule has 0 spiro atoms. The third kappa shape index (κ3) is 4.80. The van der Waals surface area contributed by atoms with Crippen LogP contribution in [0, 0.1) is 5.82 Å². The second-order valence-electron chi connectivity index (χ2n) is 6.69. The molecule has 4 heteroatoms. The number of carbonyl (C=O) groups is 1. The monoisotopic (exact) mass is 362 g/mol. The Labute approximate surface area is 159 Å². The molecule has 1 atom stereocenters. The molecule has 0 saturated heterocycles. The van der Waals surface area contributed by atoms with E-state index in [-0.39, 0.29) is 17.8 Å². The molecule has 138 valence electrons. The summed E-state index contributed by atoms with van der Waals surface area (Å²) in [4.78, 5) is 14.5. The normalized spacial score (nSPS) is 12.0. The minimum absolute atomic E-state index is 0.103. The van der Waals surface area contributed by atoms with Crippen molar-refractivity contribution in [2.75, 3.05) is 20.6 Å². The van der Waals surface area contributed by atoms with Crippen molar-refractivity contribution in [3.05, 3.63) is 95.8 Å². The van der Waals surface area contributed by atoms with Gasteiger partial charge in [0.1, 0.15) is 5.82 Å². The van der Waals surface area contributed by atoms with E-state index >= 15 is 0 Å². The van der Waals surface area contributed by atoms with Crippen molar-refractivity contribution in [2.24, 2.45) is 0 Å². The van der Waals surface area contributed by atoms with Gasteiger partial charge in [-0.2, -0.15) is 0 Å². The Bertz CT molecular complexity index is 892. The summed E-state index contributed by atoms with van der Waals surface area (Å²) < 4.78 is 13.5. The van der Waals surface area contributed by atoms with Gasteiger partial charge in [-0.3, -0.25) is 4.79 Å². The predicted molar refractivity (Wildman–Crippen MR) is 107 cm³/mol. The first-order valence-corrected chi connectivity index (χ1v) is 8.90. The van der Waals surface area contributed by atoms with Crippen molar-refractivity contribution < 1.29 is 9.18 Å². The van der Waals surface area contributed by atoms with E-state index < -0.39 is 0 Å². The van der Waals surface area contributed by atoms with Crippen LogP contribution in [0.1, 0.15) is 22.0 Å². The van der Waals surface area contributed by atoms with E-state index in [2.05, 4.69) is 5.32 Å². The minimum atomic E-state index is -0.276. The molecule has 1 N–H and O–H groups in total. The number of hydrogen-bond acceptors (Lipinski definition) is 2. The number of rotatable bonds is 6. The fourth-order valence-corrected chi connectivity index (χ4v) is 3.05. The van der Waals surface area contributed by atoms with Gasteiger partial charge in [-0.15, -0.1) is 0 Å². The van der Waals surface area contributed by atoms with E-state index in [4.69, 9.17) is 0 Å². The van der Waals surface area contributed by atoms with Crippen molar-refractivity contribution in [3.63, 3.8) is 0 Å². The topological polar surface area (TPSA) is 32.3 Å². The van der Waals surface area contributed by atoms with E-state index in [9.17, 15) is 9.18 Å². The Balaban J connectivity index is 1.67. The molecule has 0 heterocycles. The summed E-state index contributed by atoms with van der Waals surface area (Å²) in [5.41, 5.74) is 3.62. The highest BCUT2D eigenvalue weighted by Crippen LogP contribution is 2.20. The molecule has 0 saturated carbocycles. The van der Waals surface area contributed by atoms with Gasteiger partial charge >= 0.3 is 0 Å². The maximum absolute atomic E-state index is 13.5. The van der Waals surface area contributed by atoms with Crippen molar-refractivity contribution in [3.8, 4) is 11.1 Å². The van der Waals surface area contributed by atoms with E-state index in [1.54, 1.807) is 6.07 Å². The first-order chi connectivity index (χ1) is 13.0. The third-order valence-corrected chi connectivity index (χ3v) is 4.57. The molecule has 3 aromatic carbocycles. The van der Waals surface area contributed by atoms with Crippen molar-refractivity contribution in [1.82, 2.24) is 10.2 Å². The Morgan fingerprint density at radius 1 is 0.926 bits per heavy atom. The predicted octanol–water partition coefficient (Wildman–Crippen LogP) is 4.53. The number of carbonyl (C=O) groups excluding carboxylic acids is 1. The van der Waals surface area contributed by atoms with Crippen LogP contribution in [-0.4, -0.2) is 31.4 Å². The van der Waals surface area contributed by atoms with E-state index in [0.717, 1.165) is 16.7 Å². The molecule has 3 rings (SSSR count). The second kappa shape index (κ2) is 8.60. The highest BCUT2D eigenvalue weighted by atomic mass is 19.1. The minimum Gasteiger partial charge on any atom is -0.350 e. The molecule has 3 aromatic rings. The van der Waals surface area contributed by atoms with Crippen LogP contribution >= 0.6 is 0 Å². The van der Waals surface area contributed by atoms with Gasteiger partial charge in [0.15, 0.2) is 0 Å². The summed E-state index contributed by atoms with van der Waals surface area (Å²) in [6.07, 6.45) is 0. The summed E-state index contributed by atoms with van der Waals surface area (Å²) in [5.74, 6) is -0.417. The molecule has 0 aromatic heterocycles. The number of amides is 1. The number of nitrogens with zero attached hydrogens (tertiary/aromatic N) is 1. The Morgan fingerprint density at radius 2 is 1.59 bits per heavy atom. The standard InChI is InChI=1S/C23H23FN2O/c1-26(2)22(20-9-6-10-21(24)15-20)16-25-23(27)19-13-11-18(12-14-19)17-7-4-3-5-8-17/h3-15,22H,16H2,1-2H3,(H,25,27). The maximum atomic E-state index is 13.5. The van der Waals surface area contributed by atoms with Crippen LogP contribution in [0.2, 0.25) is 0 Å². The third-order valence-electron chi connectivity index (χ3n) is 4.57.